The van der Waals surface area contributed by atoms with E-state index in [9.17, 15) is 4.79 Å². The SMILES string of the molecule is COc1nccnc1CN(C)C[C@H]1CCCN1C(=O)OC(C)(C)C. The highest BCUT2D eigenvalue weighted by Gasteiger charge is 2.32. The van der Waals surface area contributed by atoms with Crippen LogP contribution in [-0.2, 0) is 11.3 Å². The highest BCUT2D eigenvalue weighted by atomic mass is 16.6. The van der Waals surface area contributed by atoms with Crippen LogP contribution in [0.5, 0.6) is 5.88 Å². The molecule has 1 aliphatic rings. The van der Waals surface area contributed by atoms with Crippen LogP contribution in [-0.4, -0.2) is 64.8 Å². The van der Waals surface area contributed by atoms with Crippen LogP contribution in [0.1, 0.15) is 39.3 Å². The largest absolute Gasteiger partial charge is 0.480 e. The second kappa shape index (κ2) is 7.79. The summed E-state index contributed by atoms with van der Waals surface area (Å²) >= 11 is 0. The number of hydrogen-bond donors (Lipinski definition) is 0. The maximum Gasteiger partial charge on any atom is 0.410 e. The molecule has 1 aromatic heterocycles. The molecule has 1 atom stereocenters. The standard InChI is InChI=1S/C17H28N4O3/c1-17(2,3)24-16(22)21-10-6-7-13(21)11-20(4)12-14-15(23-5)19-9-8-18-14/h8-9,13H,6-7,10-12H2,1-5H3/t13-/m1/s1. The number of hydrogen-bond acceptors (Lipinski definition) is 6. The van der Waals surface area contributed by atoms with Crippen molar-refractivity contribution in [1.82, 2.24) is 19.8 Å². The zero-order valence-electron chi connectivity index (χ0n) is 15.3. The number of carbonyl (C=O) groups excluding carboxylic acids is 1. The summed E-state index contributed by atoms with van der Waals surface area (Å²) in [5.41, 5.74) is 0.327. The Morgan fingerprint density at radius 3 is 2.75 bits per heavy atom. The number of rotatable bonds is 5. The molecule has 2 rings (SSSR count). The van der Waals surface area contributed by atoms with Crippen molar-refractivity contribution in [2.24, 2.45) is 0 Å². The average Bonchev–Trinajstić information content (AvgIpc) is 2.94. The molecule has 1 aromatic rings. The normalized spacial score (nSPS) is 18.1. The summed E-state index contributed by atoms with van der Waals surface area (Å²) in [6.07, 6.45) is 5.04. The predicted molar refractivity (Wildman–Crippen MR) is 90.9 cm³/mol. The first kappa shape index (κ1) is 18.4. The quantitative estimate of drug-likeness (QED) is 0.822. The molecular formula is C17H28N4O3. The third kappa shape index (κ3) is 5.06. The van der Waals surface area contributed by atoms with E-state index in [1.165, 1.54) is 0 Å². The van der Waals surface area contributed by atoms with Crippen LogP contribution in [0.4, 0.5) is 4.79 Å². The lowest BCUT2D eigenvalue weighted by atomic mass is 10.2. The summed E-state index contributed by atoms with van der Waals surface area (Å²) in [6, 6.07) is 0.160. The monoisotopic (exact) mass is 336 g/mol. The van der Waals surface area contributed by atoms with Gasteiger partial charge in [-0.2, -0.15) is 0 Å². The van der Waals surface area contributed by atoms with Gasteiger partial charge in [0, 0.05) is 38.1 Å². The molecule has 7 heteroatoms. The Hall–Kier alpha value is -1.89. The van der Waals surface area contributed by atoms with Gasteiger partial charge in [0.1, 0.15) is 11.3 Å². The molecule has 2 heterocycles. The number of carbonyl (C=O) groups is 1. The fourth-order valence-electron chi connectivity index (χ4n) is 2.90. The lowest BCUT2D eigenvalue weighted by Gasteiger charge is -2.30. The molecule has 0 aromatic carbocycles. The van der Waals surface area contributed by atoms with E-state index in [1.54, 1.807) is 19.5 Å². The fourth-order valence-corrected chi connectivity index (χ4v) is 2.90. The predicted octanol–water partition coefficient (Wildman–Crippen LogP) is 2.32. The van der Waals surface area contributed by atoms with E-state index in [1.807, 2.05) is 32.7 Å². The number of methoxy groups -OCH3 is 1. The fraction of sp³-hybridized carbons (Fsp3) is 0.706. The molecule has 7 nitrogen and oxygen atoms in total. The van der Waals surface area contributed by atoms with Gasteiger partial charge in [-0.05, 0) is 40.7 Å². The zero-order valence-corrected chi connectivity index (χ0v) is 15.3. The first-order valence-electron chi connectivity index (χ1n) is 8.32. The van der Waals surface area contributed by atoms with Crippen LogP contribution in [0.3, 0.4) is 0 Å². The molecule has 134 valence electrons. The third-order valence-corrected chi connectivity index (χ3v) is 3.88. The molecule has 0 N–H and O–H groups in total. The van der Waals surface area contributed by atoms with Gasteiger partial charge in [0.05, 0.1) is 7.11 Å². The van der Waals surface area contributed by atoms with Gasteiger partial charge in [-0.15, -0.1) is 0 Å². The van der Waals surface area contributed by atoms with Crippen molar-refractivity contribution >= 4 is 6.09 Å². The van der Waals surface area contributed by atoms with Gasteiger partial charge in [0.2, 0.25) is 5.88 Å². The third-order valence-electron chi connectivity index (χ3n) is 3.88. The number of nitrogens with zero attached hydrogens (tertiary/aromatic N) is 4. The Labute approximate surface area is 144 Å². The van der Waals surface area contributed by atoms with Crippen molar-refractivity contribution < 1.29 is 14.3 Å². The molecule has 0 unspecified atom stereocenters. The molecule has 24 heavy (non-hydrogen) atoms. The molecule has 0 saturated carbocycles. The maximum absolute atomic E-state index is 12.4. The van der Waals surface area contributed by atoms with Crippen LogP contribution < -0.4 is 4.74 Å². The Bertz CT molecular complexity index is 559. The van der Waals surface area contributed by atoms with Crippen LogP contribution in [0.15, 0.2) is 12.4 Å². The summed E-state index contributed by atoms with van der Waals surface area (Å²) < 4.78 is 10.8. The molecule has 0 bridgehead atoms. The highest BCUT2D eigenvalue weighted by Crippen LogP contribution is 2.22. The number of aromatic nitrogens is 2. The van der Waals surface area contributed by atoms with Crippen LogP contribution in [0.25, 0.3) is 0 Å². The number of ether oxygens (including phenoxy) is 2. The first-order valence-corrected chi connectivity index (χ1v) is 8.32. The van der Waals surface area contributed by atoms with E-state index in [0.717, 1.165) is 31.6 Å². The van der Waals surface area contributed by atoms with Crippen LogP contribution in [0.2, 0.25) is 0 Å². The van der Waals surface area contributed by atoms with E-state index in [-0.39, 0.29) is 12.1 Å². The van der Waals surface area contributed by atoms with Crippen LogP contribution >= 0.6 is 0 Å². The van der Waals surface area contributed by atoms with E-state index >= 15 is 0 Å². The number of likely N-dealkylation sites (tertiary alicyclic amines) is 1. The number of likely N-dealkylation sites (N-methyl/N-ethyl adjacent to an activating group) is 1. The van der Waals surface area contributed by atoms with Crippen molar-refractivity contribution in [3.8, 4) is 5.88 Å². The van der Waals surface area contributed by atoms with E-state index in [0.29, 0.717) is 12.4 Å². The smallest absolute Gasteiger partial charge is 0.410 e. The molecular weight excluding hydrogens is 308 g/mol. The Morgan fingerprint density at radius 2 is 2.08 bits per heavy atom. The van der Waals surface area contributed by atoms with Gasteiger partial charge in [-0.1, -0.05) is 0 Å². The second-order valence-electron chi connectivity index (χ2n) is 7.18. The summed E-state index contributed by atoms with van der Waals surface area (Å²) in [6.45, 7) is 7.81. The van der Waals surface area contributed by atoms with Crippen molar-refractivity contribution in [3.05, 3.63) is 18.1 Å². The van der Waals surface area contributed by atoms with Crippen molar-refractivity contribution in [2.75, 3.05) is 27.2 Å². The Morgan fingerprint density at radius 1 is 1.38 bits per heavy atom. The Balaban J connectivity index is 1.95. The van der Waals surface area contributed by atoms with Crippen molar-refractivity contribution in [2.45, 2.75) is 51.8 Å². The molecule has 0 radical (unpaired) electrons. The van der Waals surface area contributed by atoms with Gasteiger partial charge in [-0.25, -0.2) is 9.78 Å². The number of amides is 1. The van der Waals surface area contributed by atoms with Crippen molar-refractivity contribution in [3.63, 3.8) is 0 Å². The van der Waals surface area contributed by atoms with Gasteiger partial charge < -0.3 is 14.4 Å². The summed E-state index contributed by atoms with van der Waals surface area (Å²) in [4.78, 5) is 24.8. The summed E-state index contributed by atoms with van der Waals surface area (Å²) in [7, 11) is 3.61. The van der Waals surface area contributed by atoms with Crippen molar-refractivity contribution in [1.29, 1.82) is 0 Å². The lowest BCUT2D eigenvalue weighted by Crippen LogP contribution is -2.44. The van der Waals surface area contributed by atoms with E-state index in [2.05, 4.69) is 14.9 Å². The molecule has 1 saturated heterocycles. The summed E-state index contributed by atoms with van der Waals surface area (Å²) in [5.74, 6) is 0.541. The second-order valence-corrected chi connectivity index (χ2v) is 7.18. The van der Waals surface area contributed by atoms with E-state index in [4.69, 9.17) is 9.47 Å². The van der Waals surface area contributed by atoms with Gasteiger partial charge >= 0.3 is 6.09 Å². The summed E-state index contributed by atoms with van der Waals surface area (Å²) in [5, 5.41) is 0. The molecule has 1 amide bonds. The molecule has 1 fully saturated rings. The Kier molecular flexibility index (Phi) is 5.99. The molecule has 1 aliphatic heterocycles. The maximum atomic E-state index is 12.4. The minimum Gasteiger partial charge on any atom is -0.480 e. The molecule has 0 aliphatic carbocycles. The minimum atomic E-state index is -0.469. The van der Waals surface area contributed by atoms with Gasteiger partial charge in [-0.3, -0.25) is 9.88 Å². The van der Waals surface area contributed by atoms with Crippen LogP contribution in [0, 0.1) is 0 Å². The average molecular weight is 336 g/mol. The first-order chi connectivity index (χ1) is 11.3. The minimum absolute atomic E-state index is 0.160. The highest BCUT2D eigenvalue weighted by molar-refractivity contribution is 5.69. The van der Waals surface area contributed by atoms with E-state index < -0.39 is 5.60 Å². The van der Waals surface area contributed by atoms with Gasteiger partial charge in [0.25, 0.3) is 0 Å². The lowest BCUT2D eigenvalue weighted by molar-refractivity contribution is 0.0201. The molecule has 0 spiro atoms. The zero-order chi connectivity index (χ0) is 17.7. The van der Waals surface area contributed by atoms with Gasteiger partial charge in [0.15, 0.2) is 0 Å². The topological polar surface area (TPSA) is 67.8 Å².